The second-order valence-corrected chi connectivity index (χ2v) is 3.86. The molecule has 0 saturated carbocycles. The summed E-state index contributed by atoms with van der Waals surface area (Å²) >= 11 is 5.76. The SMILES string of the molecule is O=C(Nc1ccc(F)cc1Cl)c1ccc(F)nc1. The lowest BCUT2D eigenvalue weighted by Crippen LogP contribution is -2.12. The molecule has 0 atom stereocenters. The molecule has 92 valence electrons. The van der Waals surface area contributed by atoms with Crippen LogP contribution in [0.2, 0.25) is 5.02 Å². The smallest absolute Gasteiger partial charge is 0.257 e. The van der Waals surface area contributed by atoms with Crippen LogP contribution in [0, 0.1) is 11.8 Å². The Hall–Kier alpha value is -2.01. The summed E-state index contributed by atoms with van der Waals surface area (Å²) in [5, 5.41) is 2.56. The Morgan fingerprint density at radius 2 is 2.00 bits per heavy atom. The van der Waals surface area contributed by atoms with E-state index in [0.717, 1.165) is 18.3 Å². The lowest BCUT2D eigenvalue weighted by molar-refractivity contribution is 0.102. The van der Waals surface area contributed by atoms with Crippen molar-refractivity contribution in [2.45, 2.75) is 0 Å². The van der Waals surface area contributed by atoms with Crippen molar-refractivity contribution in [3.05, 3.63) is 58.9 Å². The van der Waals surface area contributed by atoms with Crippen molar-refractivity contribution in [1.82, 2.24) is 4.98 Å². The van der Waals surface area contributed by atoms with Gasteiger partial charge < -0.3 is 5.32 Å². The molecule has 0 radical (unpaired) electrons. The first-order valence-corrected chi connectivity index (χ1v) is 5.32. The number of hydrogen-bond acceptors (Lipinski definition) is 2. The fourth-order valence-corrected chi connectivity index (χ4v) is 1.51. The maximum absolute atomic E-state index is 12.8. The molecule has 0 aliphatic rings. The zero-order chi connectivity index (χ0) is 13.1. The van der Waals surface area contributed by atoms with E-state index in [4.69, 9.17) is 11.6 Å². The van der Waals surface area contributed by atoms with Crippen molar-refractivity contribution >= 4 is 23.2 Å². The number of carbonyl (C=O) groups is 1. The van der Waals surface area contributed by atoms with Crippen LogP contribution in [0.4, 0.5) is 14.5 Å². The molecule has 1 heterocycles. The molecule has 0 bridgehead atoms. The van der Waals surface area contributed by atoms with E-state index in [2.05, 4.69) is 10.3 Å². The highest BCUT2D eigenvalue weighted by atomic mass is 35.5. The Morgan fingerprint density at radius 1 is 1.22 bits per heavy atom. The average molecular weight is 269 g/mol. The van der Waals surface area contributed by atoms with Gasteiger partial charge in [-0.3, -0.25) is 4.79 Å². The van der Waals surface area contributed by atoms with Crippen LogP contribution in [0.3, 0.4) is 0 Å². The van der Waals surface area contributed by atoms with Gasteiger partial charge in [0.15, 0.2) is 0 Å². The molecule has 1 N–H and O–H groups in total. The average Bonchev–Trinajstić information content (AvgIpc) is 2.33. The maximum atomic E-state index is 12.8. The van der Waals surface area contributed by atoms with E-state index in [-0.39, 0.29) is 16.3 Å². The Balaban J connectivity index is 2.18. The van der Waals surface area contributed by atoms with Gasteiger partial charge in [-0.25, -0.2) is 9.37 Å². The minimum absolute atomic E-state index is 0.0819. The quantitative estimate of drug-likeness (QED) is 0.850. The van der Waals surface area contributed by atoms with E-state index < -0.39 is 17.7 Å². The third-order valence-electron chi connectivity index (χ3n) is 2.17. The van der Waals surface area contributed by atoms with Gasteiger partial charge in [-0.2, -0.15) is 4.39 Å². The predicted octanol–water partition coefficient (Wildman–Crippen LogP) is 3.27. The summed E-state index contributed by atoms with van der Waals surface area (Å²) in [4.78, 5) is 15.1. The molecule has 1 aromatic carbocycles. The number of nitrogens with zero attached hydrogens (tertiary/aromatic N) is 1. The van der Waals surface area contributed by atoms with Gasteiger partial charge >= 0.3 is 0 Å². The third kappa shape index (κ3) is 2.81. The molecular formula is C12H7ClF2N2O. The van der Waals surface area contributed by atoms with Gasteiger partial charge in [-0.1, -0.05) is 11.6 Å². The van der Waals surface area contributed by atoms with Crippen molar-refractivity contribution in [1.29, 1.82) is 0 Å². The monoisotopic (exact) mass is 268 g/mol. The minimum Gasteiger partial charge on any atom is -0.321 e. The summed E-state index contributed by atoms with van der Waals surface area (Å²) in [6.07, 6.45) is 1.10. The number of rotatable bonds is 2. The molecule has 2 rings (SSSR count). The summed E-state index contributed by atoms with van der Waals surface area (Å²) in [6, 6.07) is 5.95. The van der Waals surface area contributed by atoms with Gasteiger partial charge in [0.2, 0.25) is 5.95 Å². The molecule has 1 amide bonds. The summed E-state index contributed by atoms with van der Waals surface area (Å²) in [5.41, 5.74) is 0.448. The molecule has 0 unspecified atom stereocenters. The number of hydrogen-bond donors (Lipinski definition) is 1. The van der Waals surface area contributed by atoms with Gasteiger partial charge in [0.25, 0.3) is 5.91 Å². The van der Waals surface area contributed by atoms with Crippen LogP contribution < -0.4 is 5.32 Å². The Morgan fingerprint density at radius 3 is 2.61 bits per heavy atom. The number of pyridine rings is 1. The molecule has 3 nitrogen and oxygen atoms in total. The Kier molecular flexibility index (Phi) is 3.53. The van der Waals surface area contributed by atoms with Crippen LogP contribution in [0.1, 0.15) is 10.4 Å². The van der Waals surface area contributed by atoms with Crippen LogP contribution >= 0.6 is 11.6 Å². The molecule has 1 aromatic heterocycles. The highest BCUT2D eigenvalue weighted by Gasteiger charge is 2.09. The standard InChI is InChI=1S/C12H7ClF2N2O/c13-9-5-8(14)2-3-10(9)17-12(18)7-1-4-11(15)16-6-7/h1-6H,(H,17,18). The molecule has 18 heavy (non-hydrogen) atoms. The van der Waals surface area contributed by atoms with Crippen molar-refractivity contribution in [2.75, 3.05) is 5.32 Å². The Labute approximate surface area is 106 Å². The molecule has 2 aromatic rings. The summed E-state index contributed by atoms with van der Waals surface area (Å²) < 4.78 is 25.4. The number of nitrogens with one attached hydrogen (secondary N) is 1. The normalized spacial score (nSPS) is 10.2. The number of benzene rings is 1. The topological polar surface area (TPSA) is 42.0 Å². The number of anilines is 1. The van der Waals surface area contributed by atoms with E-state index in [1.54, 1.807) is 0 Å². The zero-order valence-electron chi connectivity index (χ0n) is 8.95. The molecule has 6 heteroatoms. The highest BCUT2D eigenvalue weighted by molar-refractivity contribution is 6.33. The number of amides is 1. The number of carbonyl (C=O) groups excluding carboxylic acids is 1. The van der Waals surface area contributed by atoms with E-state index in [9.17, 15) is 13.6 Å². The van der Waals surface area contributed by atoms with Crippen LogP contribution in [-0.2, 0) is 0 Å². The minimum atomic E-state index is -0.675. The zero-order valence-corrected chi connectivity index (χ0v) is 9.71. The van der Waals surface area contributed by atoms with Crippen LogP contribution in [0.15, 0.2) is 36.5 Å². The van der Waals surface area contributed by atoms with Crippen LogP contribution in [0.25, 0.3) is 0 Å². The first-order chi connectivity index (χ1) is 8.56. The van der Waals surface area contributed by atoms with Crippen molar-refractivity contribution in [2.24, 2.45) is 0 Å². The third-order valence-corrected chi connectivity index (χ3v) is 2.48. The molecule has 0 spiro atoms. The van der Waals surface area contributed by atoms with Crippen molar-refractivity contribution in [3.8, 4) is 0 Å². The number of aromatic nitrogens is 1. The van der Waals surface area contributed by atoms with Crippen molar-refractivity contribution < 1.29 is 13.6 Å². The maximum Gasteiger partial charge on any atom is 0.257 e. The molecule has 0 aliphatic carbocycles. The predicted molar refractivity (Wildman–Crippen MR) is 63.6 cm³/mol. The number of halogens is 3. The van der Waals surface area contributed by atoms with Gasteiger partial charge in [0.05, 0.1) is 16.3 Å². The summed E-state index contributed by atoms with van der Waals surface area (Å²) in [5.74, 6) is -1.68. The van der Waals surface area contributed by atoms with Crippen LogP contribution in [-0.4, -0.2) is 10.9 Å². The van der Waals surface area contributed by atoms with Crippen molar-refractivity contribution in [3.63, 3.8) is 0 Å². The summed E-state index contributed by atoms with van der Waals surface area (Å²) in [7, 11) is 0. The molecule has 0 fully saturated rings. The molecule has 0 aliphatic heterocycles. The van der Waals surface area contributed by atoms with Crippen LogP contribution in [0.5, 0.6) is 0 Å². The van der Waals surface area contributed by atoms with E-state index in [0.29, 0.717) is 0 Å². The second kappa shape index (κ2) is 5.10. The first-order valence-electron chi connectivity index (χ1n) is 4.94. The van der Waals surface area contributed by atoms with Gasteiger partial charge in [-0.05, 0) is 30.3 Å². The summed E-state index contributed by atoms with van der Waals surface area (Å²) in [6.45, 7) is 0. The fourth-order valence-electron chi connectivity index (χ4n) is 1.30. The van der Waals surface area contributed by atoms with Gasteiger partial charge in [-0.15, -0.1) is 0 Å². The largest absolute Gasteiger partial charge is 0.321 e. The lowest BCUT2D eigenvalue weighted by atomic mass is 10.2. The Bertz CT molecular complexity index is 587. The fraction of sp³-hybridized carbons (Fsp3) is 0. The molecular weight excluding hydrogens is 262 g/mol. The van der Waals surface area contributed by atoms with E-state index >= 15 is 0 Å². The van der Waals surface area contributed by atoms with E-state index in [1.807, 2.05) is 0 Å². The first kappa shape index (κ1) is 12.4. The lowest BCUT2D eigenvalue weighted by Gasteiger charge is -2.06. The van der Waals surface area contributed by atoms with Gasteiger partial charge in [0.1, 0.15) is 5.82 Å². The second-order valence-electron chi connectivity index (χ2n) is 3.45. The van der Waals surface area contributed by atoms with Gasteiger partial charge in [0, 0.05) is 6.20 Å². The van der Waals surface area contributed by atoms with E-state index in [1.165, 1.54) is 18.2 Å². The molecule has 0 saturated heterocycles. The highest BCUT2D eigenvalue weighted by Crippen LogP contribution is 2.22.